The van der Waals surface area contributed by atoms with E-state index in [1.807, 2.05) is 25.2 Å². The minimum Gasteiger partial charge on any atom is -0.388 e. The molecule has 1 N–H and O–H groups in total. The molecule has 1 rings (SSSR count). The molecule has 0 saturated carbocycles. The van der Waals surface area contributed by atoms with Crippen LogP contribution < -0.4 is 5.32 Å². The minimum atomic E-state index is 1.15. The highest BCUT2D eigenvalue weighted by atomic mass is 14.8. The van der Waals surface area contributed by atoms with Crippen molar-refractivity contribution in [1.29, 1.82) is 0 Å². The summed E-state index contributed by atoms with van der Waals surface area (Å²) < 4.78 is 0. The van der Waals surface area contributed by atoms with Crippen LogP contribution >= 0.6 is 0 Å². The lowest BCUT2D eigenvalue weighted by Crippen LogP contribution is -1.89. The molecule has 0 aliphatic heterocycles. The average molecular weight is 120 g/mol. The van der Waals surface area contributed by atoms with Gasteiger partial charge in [-0.25, -0.2) is 0 Å². The molecule has 47 valence electrons. The van der Waals surface area contributed by atoms with Gasteiger partial charge in [0.05, 0.1) is 0 Å². The van der Waals surface area contributed by atoms with Crippen LogP contribution in [0.25, 0.3) is 0 Å². The zero-order chi connectivity index (χ0) is 6.69. The molecular formula is C8H10N. The number of hydrogen-bond donors (Lipinski definition) is 1. The Balaban J connectivity index is 3.01. The Bertz CT molecular complexity index is 194. The normalized spacial score (nSPS) is 9.11. The first kappa shape index (κ1) is 6.14. The quantitative estimate of drug-likeness (QED) is 0.596. The van der Waals surface area contributed by atoms with Gasteiger partial charge in [-0.3, -0.25) is 0 Å². The third-order valence-corrected chi connectivity index (χ3v) is 1.35. The van der Waals surface area contributed by atoms with Crippen molar-refractivity contribution < 1.29 is 0 Å². The summed E-state index contributed by atoms with van der Waals surface area (Å²) in [6.45, 7) is 2.07. The number of hydrogen-bond acceptors (Lipinski definition) is 1. The van der Waals surface area contributed by atoms with Crippen LogP contribution in [0.15, 0.2) is 18.2 Å². The second kappa shape index (κ2) is 2.53. The Labute approximate surface area is 55.7 Å². The molecule has 0 amide bonds. The van der Waals surface area contributed by atoms with Gasteiger partial charge in [0.1, 0.15) is 0 Å². The van der Waals surface area contributed by atoms with Crippen molar-refractivity contribution >= 4 is 5.69 Å². The van der Waals surface area contributed by atoms with Crippen molar-refractivity contribution in [3.8, 4) is 0 Å². The van der Waals surface area contributed by atoms with Gasteiger partial charge >= 0.3 is 0 Å². The van der Waals surface area contributed by atoms with Gasteiger partial charge in [-0.2, -0.15) is 0 Å². The smallest absolute Gasteiger partial charge is 0.0373 e. The predicted molar refractivity (Wildman–Crippen MR) is 39.6 cm³/mol. The molecule has 1 aromatic rings. The highest BCUT2D eigenvalue weighted by molar-refractivity contribution is 5.48. The zero-order valence-electron chi connectivity index (χ0n) is 5.73. The van der Waals surface area contributed by atoms with Crippen molar-refractivity contribution in [3.63, 3.8) is 0 Å². The number of rotatable bonds is 1. The maximum absolute atomic E-state index is 3.06. The monoisotopic (exact) mass is 120 g/mol. The minimum absolute atomic E-state index is 1.15. The summed E-state index contributed by atoms with van der Waals surface area (Å²) in [6, 6.07) is 8.88. The van der Waals surface area contributed by atoms with Gasteiger partial charge in [-0.1, -0.05) is 12.1 Å². The van der Waals surface area contributed by atoms with Crippen LogP contribution in [0.5, 0.6) is 0 Å². The molecule has 0 aliphatic rings. The zero-order valence-corrected chi connectivity index (χ0v) is 5.73. The van der Waals surface area contributed by atoms with Gasteiger partial charge in [-0.15, -0.1) is 0 Å². The molecular weight excluding hydrogens is 110 g/mol. The van der Waals surface area contributed by atoms with E-state index in [0.717, 1.165) is 5.69 Å². The molecule has 0 aromatic heterocycles. The van der Waals surface area contributed by atoms with E-state index in [-0.39, 0.29) is 0 Å². The van der Waals surface area contributed by atoms with Gasteiger partial charge in [0, 0.05) is 12.7 Å². The molecule has 0 unspecified atom stereocenters. The molecule has 0 bridgehead atoms. The largest absolute Gasteiger partial charge is 0.388 e. The van der Waals surface area contributed by atoms with E-state index in [0.29, 0.717) is 0 Å². The summed E-state index contributed by atoms with van der Waals surface area (Å²) in [5.74, 6) is 0. The molecule has 9 heavy (non-hydrogen) atoms. The summed E-state index contributed by atoms with van der Waals surface area (Å²) >= 11 is 0. The van der Waals surface area contributed by atoms with E-state index in [4.69, 9.17) is 0 Å². The number of anilines is 1. The van der Waals surface area contributed by atoms with Crippen molar-refractivity contribution in [1.82, 2.24) is 0 Å². The fourth-order valence-electron chi connectivity index (χ4n) is 0.778. The fourth-order valence-corrected chi connectivity index (χ4v) is 0.778. The third-order valence-electron chi connectivity index (χ3n) is 1.35. The molecule has 0 aliphatic carbocycles. The van der Waals surface area contributed by atoms with E-state index in [2.05, 4.69) is 18.3 Å². The van der Waals surface area contributed by atoms with Crippen molar-refractivity contribution in [2.24, 2.45) is 0 Å². The predicted octanol–water partition coefficient (Wildman–Crippen LogP) is 1.84. The number of nitrogens with one attached hydrogen (secondary N) is 1. The van der Waals surface area contributed by atoms with Crippen LogP contribution in [0.3, 0.4) is 0 Å². The lowest BCUT2D eigenvalue weighted by molar-refractivity contribution is 1.40. The van der Waals surface area contributed by atoms with Gasteiger partial charge in [0.15, 0.2) is 0 Å². The van der Waals surface area contributed by atoms with Crippen molar-refractivity contribution in [2.45, 2.75) is 6.92 Å². The van der Waals surface area contributed by atoms with E-state index >= 15 is 0 Å². The molecule has 0 atom stereocenters. The van der Waals surface area contributed by atoms with Crippen LogP contribution in [0, 0.1) is 13.0 Å². The van der Waals surface area contributed by atoms with Crippen LogP contribution in [-0.4, -0.2) is 7.05 Å². The maximum atomic E-state index is 3.06. The van der Waals surface area contributed by atoms with Crippen LogP contribution in [0.1, 0.15) is 5.56 Å². The topological polar surface area (TPSA) is 12.0 Å². The highest BCUT2D eigenvalue weighted by Gasteiger charge is 1.88. The standard InChI is InChI=1S/C8H10N/c1-7-5-3-4-6-8(7)9-2/h3,5-6,9H,1-2H3. The molecule has 0 saturated heterocycles. The average Bonchev–Trinajstić information content (AvgIpc) is 1.89. The van der Waals surface area contributed by atoms with E-state index in [1.165, 1.54) is 5.56 Å². The van der Waals surface area contributed by atoms with Gasteiger partial charge in [0.25, 0.3) is 0 Å². The second-order valence-corrected chi connectivity index (χ2v) is 1.99. The van der Waals surface area contributed by atoms with Gasteiger partial charge in [-0.05, 0) is 24.6 Å². The van der Waals surface area contributed by atoms with E-state index in [9.17, 15) is 0 Å². The van der Waals surface area contributed by atoms with Crippen LogP contribution in [0.4, 0.5) is 5.69 Å². The van der Waals surface area contributed by atoms with E-state index in [1.54, 1.807) is 0 Å². The lowest BCUT2D eigenvalue weighted by Gasteiger charge is -2.01. The Hall–Kier alpha value is -0.980. The van der Waals surface area contributed by atoms with Crippen LogP contribution in [0.2, 0.25) is 0 Å². The van der Waals surface area contributed by atoms with E-state index < -0.39 is 0 Å². The molecule has 0 spiro atoms. The molecule has 1 radical (unpaired) electrons. The molecule has 0 fully saturated rings. The Morgan fingerprint density at radius 2 is 2.33 bits per heavy atom. The highest BCUT2D eigenvalue weighted by Crippen LogP contribution is 2.10. The molecule has 1 aromatic carbocycles. The Morgan fingerprint density at radius 3 is 2.78 bits per heavy atom. The Morgan fingerprint density at radius 1 is 1.56 bits per heavy atom. The summed E-state index contributed by atoms with van der Waals surface area (Å²) in [5.41, 5.74) is 2.41. The van der Waals surface area contributed by atoms with Gasteiger partial charge in [0.2, 0.25) is 0 Å². The molecule has 1 nitrogen and oxygen atoms in total. The second-order valence-electron chi connectivity index (χ2n) is 1.99. The van der Waals surface area contributed by atoms with Crippen molar-refractivity contribution in [3.05, 3.63) is 29.8 Å². The lowest BCUT2D eigenvalue weighted by atomic mass is 10.2. The summed E-state index contributed by atoms with van der Waals surface area (Å²) in [4.78, 5) is 0. The van der Waals surface area contributed by atoms with Crippen LogP contribution in [-0.2, 0) is 0 Å². The first-order valence-electron chi connectivity index (χ1n) is 2.99. The number of benzene rings is 1. The first-order valence-corrected chi connectivity index (χ1v) is 2.99. The molecule has 1 heteroatoms. The third kappa shape index (κ3) is 1.22. The SMILES string of the molecule is CNc1c[c]ccc1C. The maximum Gasteiger partial charge on any atom is 0.0373 e. The molecule has 0 heterocycles. The summed E-state index contributed by atoms with van der Waals surface area (Å²) in [7, 11) is 1.91. The number of aryl methyl sites for hydroxylation is 1. The Kier molecular flexibility index (Phi) is 1.73. The first-order chi connectivity index (χ1) is 4.34. The fraction of sp³-hybridized carbons (Fsp3) is 0.250. The van der Waals surface area contributed by atoms with Gasteiger partial charge < -0.3 is 5.32 Å². The van der Waals surface area contributed by atoms with Crippen molar-refractivity contribution in [2.75, 3.05) is 12.4 Å². The summed E-state index contributed by atoms with van der Waals surface area (Å²) in [5, 5.41) is 3.06. The summed E-state index contributed by atoms with van der Waals surface area (Å²) in [6.07, 6.45) is 0.